The van der Waals surface area contributed by atoms with Crippen LogP contribution in [0.2, 0.25) is 0 Å². The van der Waals surface area contributed by atoms with E-state index >= 15 is 0 Å². The van der Waals surface area contributed by atoms with Crippen LogP contribution >= 0.6 is 11.3 Å². The molecule has 1 aromatic carbocycles. The maximum Gasteiger partial charge on any atom is 0.573 e. The van der Waals surface area contributed by atoms with E-state index in [-0.39, 0.29) is 5.75 Å². The van der Waals surface area contributed by atoms with Gasteiger partial charge in [-0.15, -0.1) is 24.5 Å². The molecule has 0 radical (unpaired) electrons. The Morgan fingerprint density at radius 3 is 2.40 bits per heavy atom. The third-order valence-electron chi connectivity index (χ3n) is 2.97. The molecule has 0 spiro atoms. The lowest BCUT2D eigenvalue weighted by molar-refractivity contribution is -0.274. The van der Waals surface area contributed by atoms with Crippen LogP contribution in [0.3, 0.4) is 0 Å². The summed E-state index contributed by atoms with van der Waals surface area (Å²) in [7, 11) is 0. The Balaban J connectivity index is 2.37. The van der Waals surface area contributed by atoms with Gasteiger partial charge in [0.05, 0.1) is 6.04 Å². The summed E-state index contributed by atoms with van der Waals surface area (Å²) in [4.78, 5) is 1.92. The highest BCUT2D eigenvalue weighted by Gasteiger charge is 2.32. The molecule has 0 saturated heterocycles. The van der Waals surface area contributed by atoms with Crippen molar-refractivity contribution in [3.8, 4) is 5.75 Å². The van der Waals surface area contributed by atoms with Crippen LogP contribution in [0.15, 0.2) is 30.3 Å². The predicted octanol–water partition coefficient (Wildman–Crippen LogP) is 4.31. The van der Waals surface area contributed by atoms with E-state index in [2.05, 4.69) is 4.74 Å². The monoisotopic (exact) mass is 301 g/mol. The van der Waals surface area contributed by atoms with Gasteiger partial charge in [-0.25, -0.2) is 0 Å². The van der Waals surface area contributed by atoms with Crippen molar-refractivity contribution in [1.29, 1.82) is 0 Å². The van der Waals surface area contributed by atoms with E-state index < -0.39 is 12.4 Å². The fourth-order valence-corrected chi connectivity index (χ4v) is 2.93. The molecule has 6 heteroatoms. The quantitative estimate of drug-likeness (QED) is 0.916. The lowest BCUT2D eigenvalue weighted by Gasteiger charge is -2.17. The van der Waals surface area contributed by atoms with Crippen LogP contribution in [-0.2, 0) is 0 Å². The summed E-state index contributed by atoms with van der Waals surface area (Å²) < 4.78 is 41.2. The molecule has 20 heavy (non-hydrogen) atoms. The summed E-state index contributed by atoms with van der Waals surface area (Å²) in [6.45, 7) is 3.90. The van der Waals surface area contributed by atoms with Gasteiger partial charge in [0.2, 0.25) is 0 Å². The number of benzene rings is 1. The number of rotatable bonds is 3. The molecule has 1 heterocycles. The molecule has 2 N–H and O–H groups in total. The Bertz CT molecular complexity index is 587. The summed E-state index contributed by atoms with van der Waals surface area (Å²) >= 11 is 1.48. The molecule has 0 aliphatic rings. The SMILES string of the molecule is Cc1cc(C(N)c2ccccc2OC(F)(F)F)sc1C. The van der Waals surface area contributed by atoms with E-state index in [0.29, 0.717) is 5.56 Å². The fraction of sp³-hybridized carbons (Fsp3) is 0.286. The first-order valence-corrected chi connectivity index (χ1v) is 6.77. The Morgan fingerprint density at radius 2 is 1.85 bits per heavy atom. The molecule has 2 rings (SSSR count). The maximum absolute atomic E-state index is 12.4. The third kappa shape index (κ3) is 3.32. The average molecular weight is 301 g/mol. The highest BCUT2D eigenvalue weighted by molar-refractivity contribution is 7.12. The predicted molar refractivity (Wildman–Crippen MR) is 72.9 cm³/mol. The van der Waals surface area contributed by atoms with Gasteiger partial charge in [0.15, 0.2) is 0 Å². The van der Waals surface area contributed by atoms with E-state index in [4.69, 9.17) is 5.73 Å². The number of thiophene rings is 1. The van der Waals surface area contributed by atoms with Crippen LogP contribution in [0.25, 0.3) is 0 Å². The minimum absolute atomic E-state index is 0.254. The Labute approximate surface area is 119 Å². The van der Waals surface area contributed by atoms with E-state index in [1.54, 1.807) is 12.1 Å². The van der Waals surface area contributed by atoms with Gasteiger partial charge in [0, 0.05) is 15.3 Å². The van der Waals surface area contributed by atoms with E-state index in [0.717, 1.165) is 15.3 Å². The van der Waals surface area contributed by atoms with Gasteiger partial charge in [0.1, 0.15) is 5.75 Å². The molecule has 0 saturated carbocycles. The second kappa shape index (κ2) is 5.46. The molecule has 1 unspecified atom stereocenters. The van der Waals surface area contributed by atoms with Gasteiger partial charge >= 0.3 is 6.36 Å². The standard InChI is InChI=1S/C14H14F3NOS/c1-8-7-12(20-9(8)2)13(18)10-5-3-4-6-11(10)19-14(15,16)17/h3-7,13H,18H2,1-2H3. The molecule has 1 aromatic heterocycles. The number of hydrogen-bond donors (Lipinski definition) is 1. The molecule has 1 atom stereocenters. The number of alkyl halides is 3. The third-order valence-corrected chi connectivity index (χ3v) is 4.21. The molecule has 108 valence electrons. The zero-order valence-corrected chi connectivity index (χ0v) is 11.8. The van der Waals surface area contributed by atoms with Crippen molar-refractivity contribution in [1.82, 2.24) is 0 Å². The second-order valence-electron chi connectivity index (χ2n) is 4.45. The van der Waals surface area contributed by atoms with E-state index in [1.807, 2.05) is 19.9 Å². The van der Waals surface area contributed by atoms with E-state index in [1.165, 1.54) is 23.5 Å². The minimum Gasteiger partial charge on any atom is -0.405 e. The van der Waals surface area contributed by atoms with Crippen molar-refractivity contribution in [2.45, 2.75) is 26.3 Å². The van der Waals surface area contributed by atoms with Crippen molar-refractivity contribution in [2.75, 3.05) is 0 Å². The Hall–Kier alpha value is -1.53. The molecule has 0 aliphatic carbocycles. The van der Waals surface area contributed by atoms with Gasteiger partial charge < -0.3 is 10.5 Å². The fourth-order valence-electron chi connectivity index (χ4n) is 1.86. The van der Waals surface area contributed by atoms with Gasteiger partial charge in [-0.05, 0) is 31.5 Å². The number of para-hydroxylation sites is 1. The zero-order valence-electron chi connectivity index (χ0n) is 11.0. The van der Waals surface area contributed by atoms with Crippen molar-refractivity contribution in [3.05, 3.63) is 51.2 Å². The van der Waals surface area contributed by atoms with Crippen molar-refractivity contribution in [3.63, 3.8) is 0 Å². The van der Waals surface area contributed by atoms with Crippen LogP contribution in [0.5, 0.6) is 5.75 Å². The molecule has 0 fully saturated rings. The van der Waals surface area contributed by atoms with Crippen molar-refractivity contribution < 1.29 is 17.9 Å². The van der Waals surface area contributed by atoms with Gasteiger partial charge in [-0.3, -0.25) is 0 Å². The van der Waals surface area contributed by atoms with Gasteiger partial charge in [-0.1, -0.05) is 18.2 Å². The summed E-state index contributed by atoms with van der Waals surface area (Å²) in [5.41, 5.74) is 7.48. The van der Waals surface area contributed by atoms with Crippen LogP contribution in [-0.4, -0.2) is 6.36 Å². The van der Waals surface area contributed by atoms with E-state index in [9.17, 15) is 13.2 Å². The number of halogens is 3. The molecule has 0 amide bonds. The molecular formula is C14H14F3NOS. The molecular weight excluding hydrogens is 287 g/mol. The van der Waals surface area contributed by atoms with Crippen molar-refractivity contribution in [2.24, 2.45) is 5.73 Å². The number of aryl methyl sites for hydroxylation is 2. The first kappa shape index (κ1) is 14.9. The summed E-state index contributed by atoms with van der Waals surface area (Å²) in [5.74, 6) is -0.254. The molecule has 2 aromatic rings. The van der Waals surface area contributed by atoms with Crippen LogP contribution in [0.1, 0.15) is 26.9 Å². The average Bonchev–Trinajstić information content (AvgIpc) is 2.67. The van der Waals surface area contributed by atoms with Gasteiger partial charge in [-0.2, -0.15) is 0 Å². The normalized spacial score (nSPS) is 13.3. The number of hydrogen-bond acceptors (Lipinski definition) is 3. The maximum atomic E-state index is 12.4. The van der Waals surface area contributed by atoms with Gasteiger partial charge in [0.25, 0.3) is 0 Å². The zero-order chi connectivity index (χ0) is 14.9. The lowest BCUT2D eigenvalue weighted by atomic mass is 10.0. The number of nitrogens with two attached hydrogens (primary N) is 1. The first-order chi connectivity index (χ1) is 9.28. The Kier molecular flexibility index (Phi) is 4.06. The van der Waals surface area contributed by atoms with Crippen molar-refractivity contribution >= 4 is 11.3 Å². The minimum atomic E-state index is -4.73. The topological polar surface area (TPSA) is 35.2 Å². The highest BCUT2D eigenvalue weighted by Crippen LogP contribution is 2.35. The summed E-state index contributed by atoms with van der Waals surface area (Å²) in [6, 6.07) is 7.22. The number of ether oxygens (including phenoxy) is 1. The first-order valence-electron chi connectivity index (χ1n) is 5.95. The second-order valence-corrected chi connectivity index (χ2v) is 5.74. The largest absolute Gasteiger partial charge is 0.573 e. The smallest absolute Gasteiger partial charge is 0.405 e. The summed E-state index contributed by atoms with van der Waals surface area (Å²) in [6.07, 6.45) is -4.73. The highest BCUT2D eigenvalue weighted by atomic mass is 32.1. The Morgan fingerprint density at radius 1 is 1.20 bits per heavy atom. The molecule has 0 aliphatic heterocycles. The van der Waals surface area contributed by atoms with Crippen LogP contribution in [0.4, 0.5) is 13.2 Å². The molecule has 0 bridgehead atoms. The lowest BCUT2D eigenvalue weighted by Crippen LogP contribution is -2.20. The van der Waals surface area contributed by atoms with Crippen LogP contribution < -0.4 is 10.5 Å². The van der Waals surface area contributed by atoms with Crippen LogP contribution in [0, 0.1) is 13.8 Å². The summed E-state index contributed by atoms with van der Waals surface area (Å²) in [5, 5.41) is 0. The molecule has 2 nitrogen and oxygen atoms in total.